The van der Waals surface area contributed by atoms with Gasteiger partial charge in [-0.15, -0.1) is 0 Å². The zero-order valence-corrected chi connectivity index (χ0v) is 9.46. The summed E-state index contributed by atoms with van der Waals surface area (Å²) in [6, 6.07) is 7.34. The van der Waals surface area contributed by atoms with Gasteiger partial charge in [0.25, 0.3) is 0 Å². The number of aromatic nitrogens is 2. The molecule has 0 unspecified atom stereocenters. The first-order chi connectivity index (χ1) is 8.29. The number of hydrogen-bond acceptors (Lipinski definition) is 3. The monoisotopic (exact) mass is 231 g/mol. The first kappa shape index (κ1) is 11.2. The van der Waals surface area contributed by atoms with Gasteiger partial charge < -0.3 is 10.1 Å². The Balaban J connectivity index is 1.91. The Morgan fingerprint density at radius 2 is 2.18 bits per heavy atom. The van der Waals surface area contributed by atoms with Crippen LogP contribution in [0.3, 0.4) is 0 Å². The third-order valence-corrected chi connectivity index (χ3v) is 2.34. The van der Waals surface area contributed by atoms with Crippen LogP contribution >= 0.6 is 0 Å². The Kier molecular flexibility index (Phi) is 3.40. The number of carbonyl (C=O) groups is 1. The lowest BCUT2D eigenvalue weighted by Gasteiger charge is -2.06. The number of methoxy groups -OCH3 is 1. The Hall–Kier alpha value is -2.30. The maximum absolute atomic E-state index is 11.6. The van der Waals surface area contributed by atoms with E-state index in [1.165, 1.54) is 10.9 Å². The van der Waals surface area contributed by atoms with Crippen LogP contribution in [0.25, 0.3) is 0 Å². The molecule has 0 saturated heterocycles. The van der Waals surface area contributed by atoms with Gasteiger partial charge in [-0.25, -0.2) is 9.78 Å². The van der Waals surface area contributed by atoms with Crippen molar-refractivity contribution in [2.75, 3.05) is 7.11 Å². The minimum Gasteiger partial charge on any atom is -0.497 e. The maximum Gasteiger partial charge on any atom is 0.327 e. The molecule has 17 heavy (non-hydrogen) atoms. The summed E-state index contributed by atoms with van der Waals surface area (Å²) in [6.45, 7) is 0.473. The van der Waals surface area contributed by atoms with Gasteiger partial charge in [-0.1, -0.05) is 12.1 Å². The molecule has 1 heterocycles. The van der Waals surface area contributed by atoms with E-state index in [0.717, 1.165) is 11.3 Å². The molecule has 88 valence electrons. The lowest BCUT2D eigenvalue weighted by molar-refractivity contribution is 0.242. The van der Waals surface area contributed by atoms with Crippen molar-refractivity contribution in [3.05, 3.63) is 48.5 Å². The second-order valence-corrected chi connectivity index (χ2v) is 3.48. The van der Waals surface area contributed by atoms with E-state index in [4.69, 9.17) is 4.74 Å². The molecular formula is C12H13N3O2. The van der Waals surface area contributed by atoms with Crippen LogP contribution in [0.15, 0.2) is 43.0 Å². The van der Waals surface area contributed by atoms with Gasteiger partial charge in [0.1, 0.15) is 12.1 Å². The molecule has 0 radical (unpaired) electrons. The zero-order valence-electron chi connectivity index (χ0n) is 9.46. The third kappa shape index (κ3) is 2.84. The van der Waals surface area contributed by atoms with Crippen LogP contribution in [-0.4, -0.2) is 22.7 Å². The van der Waals surface area contributed by atoms with Gasteiger partial charge in [0, 0.05) is 18.9 Å². The molecule has 0 aliphatic heterocycles. The van der Waals surface area contributed by atoms with Crippen LogP contribution in [0.1, 0.15) is 5.56 Å². The molecule has 2 aromatic rings. The largest absolute Gasteiger partial charge is 0.497 e. The van der Waals surface area contributed by atoms with E-state index in [9.17, 15) is 4.79 Å². The van der Waals surface area contributed by atoms with Crippen LogP contribution < -0.4 is 10.1 Å². The fraction of sp³-hybridized carbons (Fsp3) is 0.167. The van der Waals surface area contributed by atoms with Crippen LogP contribution in [0.2, 0.25) is 0 Å². The van der Waals surface area contributed by atoms with Gasteiger partial charge in [0.2, 0.25) is 0 Å². The summed E-state index contributed by atoms with van der Waals surface area (Å²) in [6.07, 6.45) is 4.62. The summed E-state index contributed by atoms with van der Waals surface area (Å²) in [7, 11) is 1.62. The van der Waals surface area contributed by atoms with E-state index >= 15 is 0 Å². The van der Waals surface area contributed by atoms with Gasteiger partial charge in [-0.3, -0.25) is 4.57 Å². The normalized spacial score (nSPS) is 9.94. The Morgan fingerprint density at radius 1 is 1.41 bits per heavy atom. The van der Waals surface area contributed by atoms with Crippen LogP contribution in [-0.2, 0) is 6.54 Å². The van der Waals surface area contributed by atoms with E-state index in [1.807, 2.05) is 24.3 Å². The predicted octanol–water partition coefficient (Wildman–Crippen LogP) is 1.65. The first-order valence-electron chi connectivity index (χ1n) is 5.18. The van der Waals surface area contributed by atoms with Crippen molar-refractivity contribution in [3.63, 3.8) is 0 Å². The highest BCUT2D eigenvalue weighted by atomic mass is 16.5. The third-order valence-electron chi connectivity index (χ3n) is 2.34. The molecule has 0 fully saturated rings. The highest BCUT2D eigenvalue weighted by molar-refractivity contribution is 5.76. The number of ether oxygens (including phenoxy) is 1. The second-order valence-electron chi connectivity index (χ2n) is 3.48. The molecule has 0 bridgehead atoms. The predicted molar refractivity (Wildman–Crippen MR) is 62.9 cm³/mol. The number of amides is 1. The molecule has 0 spiro atoms. The van der Waals surface area contributed by atoms with Crippen LogP contribution in [0, 0.1) is 0 Å². The first-order valence-corrected chi connectivity index (χ1v) is 5.18. The molecular weight excluding hydrogens is 218 g/mol. The minimum absolute atomic E-state index is 0.196. The molecule has 5 nitrogen and oxygen atoms in total. The van der Waals surface area contributed by atoms with Gasteiger partial charge >= 0.3 is 6.03 Å². The summed E-state index contributed by atoms with van der Waals surface area (Å²) in [5.41, 5.74) is 1.01. The summed E-state index contributed by atoms with van der Waals surface area (Å²) < 4.78 is 6.45. The standard InChI is InChI=1S/C12H13N3O2/c1-17-11-4-2-10(3-5-11)8-14-12(16)15-7-6-13-9-15/h2-7,9H,8H2,1H3,(H,14,16). The van der Waals surface area contributed by atoms with E-state index in [2.05, 4.69) is 10.3 Å². The SMILES string of the molecule is COc1ccc(CNC(=O)n2ccnc2)cc1. The Labute approximate surface area is 99.0 Å². The molecule has 1 amide bonds. The van der Waals surface area contributed by atoms with Crippen LogP contribution in [0.4, 0.5) is 4.79 Å². The number of imidazole rings is 1. The van der Waals surface area contributed by atoms with E-state index in [0.29, 0.717) is 6.54 Å². The summed E-state index contributed by atoms with van der Waals surface area (Å²) >= 11 is 0. The van der Waals surface area contributed by atoms with Crippen molar-refractivity contribution in [1.82, 2.24) is 14.9 Å². The maximum atomic E-state index is 11.6. The van der Waals surface area contributed by atoms with Gasteiger partial charge in [0.15, 0.2) is 0 Å². The van der Waals surface area contributed by atoms with E-state index < -0.39 is 0 Å². The number of nitrogens with one attached hydrogen (secondary N) is 1. The highest BCUT2D eigenvalue weighted by Gasteiger charge is 2.02. The fourth-order valence-electron chi connectivity index (χ4n) is 1.39. The fourth-order valence-corrected chi connectivity index (χ4v) is 1.39. The molecule has 1 aromatic heterocycles. The average molecular weight is 231 g/mol. The Morgan fingerprint density at radius 3 is 2.76 bits per heavy atom. The minimum atomic E-state index is -0.196. The van der Waals surface area contributed by atoms with Crippen molar-refractivity contribution < 1.29 is 9.53 Å². The van der Waals surface area contributed by atoms with Crippen molar-refractivity contribution in [1.29, 1.82) is 0 Å². The van der Waals surface area contributed by atoms with Crippen molar-refractivity contribution in [3.8, 4) is 5.75 Å². The lowest BCUT2D eigenvalue weighted by Crippen LogP contribution is -2.26. The topological polar surface area (TPSA) is 56.1 Å². The van der Waals surface area contributed by atoms with E-state index in [-0.39, 0.29) is 6.03 Å². The molecule has 0 aliphatic rings. The molecule has 0 saturated carbocycles. The van der Waals surface area contributed by atoms with Crippen molar-refractivity contribution in [2.45, 2.75) is 6.54 Å². The molecule has 2 rings (SSSR count). The van der Waals surface area contributed by atoms with Gasteiger partial charge in [0.05, 0.1) is 7.11 Å². The number of carbonyl (C=O) groups excluding carboxylic acids is 1. The number of hydrogen-bond donors (Lipinski definition) is 1. The highest BCUT2D eigenvalue weighted by Crippen LogP contribution is 2.10. The average Bonchev–Trinajstić information content (AvgIpc) is 2.90. The summed E-state index contributed by atoms with van der Waals surface area (Å²) in [5.74, 6) is 0.801. The quantitative estimate of drug-likeness (QED) is 0.873. The summed E-state index contributed by atoms with van der Waals surface area (Å²) in [4.78, 5) is 15.4. The molecule has 1 aromatic carbocycles. The Bertz CT molecular complexity index is 477. The number of rotatable bonds is 3. The summed E-state index contributed by atoms with van der Waals surface area (Å²) in [5, 5.41) is 2.78. The van der Waals surface area contributed by atoms with E-state index in [1.54, 1.807) is 19.5 Å². The van der Waals surface area contributed by atoms with Crippen molar-refractivity contribution >= 4 is 6.03 Å². The smallest absolute Gasteiger partial charge is 0.327 e. The zero-order chi connectivity index (χ0) is 12.1. The number of nitrogens with zero attached hydrogens (tertiary/aromatic N) is 2. The number of benzene rings is 1. The van der Waals surface area contributed by atoms with Gasteiger partial charge in [-0.2, -0.15) is 0 Å². The van der Waals surface area contributed by atoms with Crippen LogP contribution in [0.5, 0.6) is 5.75 Å². The second kappa shape index (κ2) is 5.16. The lowest BCUT2D eigenvalue weighted by atomic mass is 10.2. The van der Waals surface area contributed by atoms with Crippen molar-refractivity contribution in [2.24, 2.45) is 0 Å². The van der Waals surface area contributed by atoms with Gasteiger partial charge in [-0.05, 0) is 17.7 Å². The molecule has 1 N–H and O–H groups in total. The molecule has 0 aliphatic carbocycles. The molecule has 5 heteroatoms. The molecule has 0 atom stereocenters.